The van der Waals surface area contributed by atoms with E-state index >= 15 is 0 Å². The van der Waals surface area contributed by atoms with Crippen LogP contribution in [-0.2, 0) is 16.4 Å². The van der Waals surface area contributed by atoms with Crippen molar-refractivity contribution >= 4 is 15.7 Å². The number of aryl methyl sites for hydroxylation is 1. The topological polar surface area (TPSA) is 68.2 Å². The predicted molar refractivity (Wildman–Crippen MR) is 106 cm³/mol. The molecule has 2 aromatic carbocycles. The number of ether oxygens (including phenoxy) is 2. The average Bonchev–Trinajstić information content (AvgIpc) is 3.13. The first kappa shape index (κ1) is 19.2. The van der Waals surface area contributed by atoms with E-state index in [2.05, 4.69) is 18.1 Å². The summed E-state index contributed by atoms with van der Waals surface area (Å²) in [6, 6.07) is 13.1. The van der Waals surface area contributed by atoms with E-state index in [1.807, 2.05) is 30.3 Å². The van der Waals surface area contributed by atoms with Gasteiger partial charge >= 0.3 is 0 Å². The summed E-state index contributed by atoms with van der Waals surface area (Å²) in [4.78, 5) is 0. The summed E-state index contributed by atoms with van der Waals surface area (Å²) >= 11 is 0. The van der Waals surface area contributed by atoms with Crippen LogP contribution < -0.4 is 9.47 Å². The molecule has 0 unspecified atom stereocenters. The molecule has 1 heterocycles. The van der Waals surface area contributed by atoms with Crippen LogP contribution >= 0.6 is 0 Å². The van der Waals surface area contributed by atoms with Crippen LogP contribution in [0.15, 0.2) is 47.6 Å². The van der Waals surface area contributed by atoms with Gasteiger partial charge in [-0.05, 0) is 35.7 Å². The smallest absolute Gasteiger partial charge is 0.247 e. The van der Waals surface area contributed by atoms with Gasteiger partial charge in [-0.1, -0.05) is 31.2 Å². The third-order valence-electron chi connectivity index (χ3n) is 4.67. The second-order valence-corrected chi connectivity index (χ2v) is 8.31. The van der Waals surface area contributed by atoms with Crippen molar-refractivity contribution in [1.29, 1.82) is 0 Å². The SMILES string of the molecule is CCc1cccc([C@@H]2CC(c3ccc(OC)c(OC)c3)=NN2S(C)(=O)=O)c1. The summed E-state index contributed by atoms with van der Waals surface area (Å²) in [5, 5.41) is 4.44. The average molecular weight is 388 g/mol. The van der Waals surface area contributed by atoms with Crippen LogP contribution in [0.2, 0.25) is 0 Å². The molecule has 0 saturated carbocycles. The van der Waals surface area contributed by atoms with Crippen molar-refractivity contribution in [1.82, 2.24) is 4.41 Å². The molecule has 0 fully saturated rings. The van der Waals surface area contributed by atoms with Crippen molar-refractivity contribution in [2.45, 2.75) is 25.8 Å². The highest BCUT2D eigenvalue weighted by Gasteiger charge is 2.34. The Kier molecular flexibility index (Phi) is 5.41. The second kappa shape index (κ2) is 7.60. The van der Waals surface area contributed by atoms with Gasteiger partial charge in [-0.2, -0.15) is 9.52 Å². The molecule has 0 bridgehead atoms. The van der Waals surface area contributed by atoms with Crippen molar-refractivity contribution in [3.8, 4) is 11.5 Å². The Morgan fingerprint density at radius 1 is 1.11 bits per heavy atom. The third-order valence-corrected chi connectivity index (χ3v) is 5.69. The zero-order chi connectivity index (χ0) is 19.6. The minimum absolute atomic E-state index is 0.352. The van der Waals surface area contributed by atoms with E-state index in [4.69, 9.17) is 9.47 Å². The van der Waals surface area contributed by atoms with Gasteiger partial charge < -0.3 is 9.47 Å². The van der Waals surface area contributed by atoms with Crippen molar-refractivity contribution in [2.75, 3.05) is 20.5 Å². The maximum Gasteiger partial charge on any atom is 0.247 e. The monoisotopic (exact) mass is 388 g/mol. The largest absolute Gasteiger partial charge is 0.493 e. The van der Waals surface area contributed by atoms with Gasteiger partial charge in [0.25, 0.3) is 0 Å². The first-order valence-electron chi connectivity index (χ1n) is 8.75. The van der Waals surface area contributed by atoms with Gasteiger partial charge in [0.15, 0.2) is 11.5 Å². The van der Waals surface area contributed by atoms with Crippen LogP contribution in [0.4, 0.5) is 0 Å². The Bertz CT molecular complexity index is 970. The van der Waals surface area contributed by atoms with Crippen molar-refractivity contribution in [2.24, 2.45) is 5.10 Å². The van der Waals surface area contributed by atoms with E-state index in [9.17, 15) is 8.42 Å². The van der Waals surface area contributed by atoms with Gasteiger partial charge in [-0.25, -0.2) is 8.42 Å². The quantitative estimate of drug-likeness (QED) is 0.761. The van der Waals surface area contributed by atoms with Crippen molar-refractivity contribution in [3.05, 3.63) is 59.2 Å². The molecule has 0 radical (unpaired) electrons. The number of benzene rings is 2. The normalized spacial score (nSPS) is 17.0. The highest BCUT2D eigenvalue weighted by molar-refractivity contribution is 7.88. The van der Waals surface area contributed by atoms with E-state index < -0.39 is 10.0 Å². The first-order chi connectivity index (χ1) is 12.9. The van der Waals surface area contributed by atoms with E-state index in [0.717, 1.165) is 17.5 Å². The maximum atomic E-state index is 12.3. The lowest BCUT2D eigenvalue weighted by molar-refractivity contribution is 0.355. The first-order valence-corrected chi connectivity index (χ1v) is 10.6. The molecule has 1 aliphatic heterocycles. The zero-order valence-electron chi connectivity index (χ0n) is 16.0. The summed E-state index contributed by atoms with van der Waals surface area (Å²) in [6.07, 6.45) is 2.57. The summed E-state index contributed by atoms with van der Waals surface area (Å²) in [5.41, 5.74) is 3.63. The molecule has 144 valence electrons. The molecule has 6 nitrogen and oxygen atoms in total. The molecular weight excluding hydrogens is 364 g/mol. The van der Waals surface area contributed by atoms with Gasteiger partial charge in [0, 0.05) is 12.0 Å². The Morgan fingerprint density at radius 3 is 2.48 bits per heavy atom. The van der Waals surface area contributed by atoms with Crippen LogP contribution in [0.3, 0.4) is 0 Å². The molecule has 7 heteroatoms. The minimum Gasteiger partial charge on any atom is -0.493 e. The summed E-state index contributed by atoms with van der Waals surface area (Å²) < 4.78 is 36.5. The fraction of sp³-hybridized carbons (Fsp3) is 0.350. The fourth-order valence-electron chi connectivity index (χ4n) is 3.25. The Labute approximate surface area is 160 Å². The van der Waals surface area contributed by atoms with Gasteiger partial charge in [-0.15, -0.1) is 0 Å². The summed E-state index contributed by atoms with van der Waals surface area (Å²) in [5.74, 6) is 1.20. The Morgan fingerprint density at radius 2 is 1.85 bits per heavy atom. The van der Waals surface area contributed by atoms with E-state index in [0.29, 0.717) is 23.6 Å². The number of rotatable bonds is 6. The van der Waals surface area contributed by atoms with Crippen LogP contribution in [0.5, 0.6) is 11.5 Å². The molecular formula is C20H24N2O4S. The number of hydrogen-bond acceptors (Lipinski definition) is 5. The van der Waals surface area contributed by atoms with Crippen LogP contribution in [0.1, 0.15) is 36.1 Å². The fourth-order valence-corrected chi connectivity index (χ4v) is 4.16. The number of sulfonamides is 1. The van der Waals surface area contributed by atoms with Gasteiger partial charge in [0.2, 0.25) is 10.0 Å². The highest BCUT2D eigenvalue weighted by Crippen LogP contribution is 2.36. The molecule has 0 aromatic heterocycles. The zero-order valence-corrected chi connectivity index (χ0v) is 16.8. The molecule has 0 spiro atoms. The summed E-state index contributed by atoms with van der Waals surface area (Å²) in [7, 11) is -0.353. The Hall–Kier alpha value is -2.54. The number of hydrazone groups is 1. The lowest BCUT2D eigenvalue weighted by Gasteiger charge is -2.21. The highest BCUT2D eigenvalue weighted by atomic mass is 32.2. The number of hydrogen-bond donors (Lipinski definition) is 0. The molecule has 0 N–H and O–H groups in total. The third kappa shape index (κ3) is 3.93. The molecule has 1 atom stereocenters. The van der Waals surface area contributed by atoms with Crippen LogP contribution in [0.25, 0.3) is 0 Å². The molecule has 0 aliphatic carbocycles. The van der Waals surface area contributed by atoms with E-state index in [-0.39, 0.29) is 6.04 Å². The molecule has 1 aliphatic rings. The van der Waals surface area contributed by atoms with Gasteiger partial charge in [0.1, 0.15) is 0 Å². The van der Waals surface area contributed by atoms with Crippen LogP contribution in [0, 0.1) is 0 Å². The lowest BCUT2D eigenvalue weighted by atomic mass is 9.97. The molecule has 0 amide bonds. The predicted octanol–water partition coefficient (Wildman–Crippen LogP) is 3.38. The lowest BCUT2D eigenvalue weighted by Crippen LogP contribution is -2.26. The number of methoxy groups -OCH3 is 2. The molecule has 0 saturated heterocycles. The second-order valence-electron chi connectivity index (χ2n) is 6.47. The summed E-state index contributed by atoms with van der Waals surface area (Å²) in [6.45, 7) is 2.08. The van der Waals surface area contributed by atoms with E-state index in [1.165, 1.54) is 16.2 Å². The molecule has 27 heavy (non-hydrogen) atoms. The van der Waals surface area contributed by atoms with Crippen molar-refractivity contribution in [3.63, 3.8) is 0 Å². The Balaban J connectivity index is 2.01. The molecule has 3 rings (SSSR count). The maximum absolute atomic E-state index is 12.3. The molecule has 2 aromatic rings. The van der Waals surface area contributed by atoms with Crippen molar-refractivity contribution < 1.29 is 17.9 Å². The van der Waals surface area contributed by atoms with E-state index in [1.54, 1.807) is 20.3 Å². The van der Waals surface area contributed by atoms with Gasteiger partial charge in [-0.3, -0.25) is 0 Å². The van der Waals surface area contributed by atoms with Gasteiger partial charge in [0.05, 0.1) is 32.2 Å². The standard InChI is InChI=1S/C20H24N2O4S/c1-5-14-7-6-8-16(11-14)18-13-17(21-22(18)27(4,23)24)15-9-10-19(25-2)20(12-15)26-3/h6-12,18H,5,13H2,1-4H3/t18-/m0/s1. The van der Waals surface area contributed by atoms with Crippen LogP contribution in [-0.4, -0.2) is 39.0 Å². The number of nitrogens with zero attached hydrogens (tertiary/aromatic N) is 2. The minimum atomic E-state index is -3.50.